The number of carbonyl (C=O) groups excluding carboxylic acids is 1. The Morgan fingerprint density at radius 1 is 1.25 bits per heavy atom. The van der Waals surface area contributed by atoms with Gasteiger partial charge in [0.1, 0.15) is 11.6 Å². The minimum Gasteiger partial charge on any atom is -0.505 e. The Balaban J connectivity index is 2.19. The van der Waals surface area contributed by atoms with Crippen LogP contribution in [0.5, 0.6) is 5.75 Å². The summed E-state index contributed by atoms with van der Waals surface area (Å²) in [7, 11) is 0. The molecule has 1 amide bonds. The number of aromatic nitrogens is 2. The fourth-order valence-corrected chi connectivity index (χ4v) is 1.20. The minimum absolute atomic E-state index is 0.157. The monoisotopic (exact) mass is 215 g/mol. The van der Waals surface area contributed by atoms with Crippen molar-refractivity contribution < 1.29 is 9.90 Å². The summed E-state index contributed by atoms with van der Waals surface area (Å²) in [6, 6.07) is 6.61. The fourth-order valence-electron chi connectivity index (χ4n) is 1.20. The topological polar surface area (TPSA) is 75.1 Å². The third kappa shape index (κ3) is 2.14. The second kappa shape index (κ2) is 4.39. The molecule has 5 nitrogen and oxygen atoms in total. The normalized spacial score (nSPS) is 9.75. The maximum absolute atomic E-state index is 11.7. The van der Waals surface area contributed by atoms with Gasteiger partial charge in [0, 0.05) is 12.4 Å². The van der Waals surface area contributed by atoms with Gasteiger partial charge in [-0.2, -0.15) is 0 Å². The average molecular weight is 215 g/mol. The van der Waals surface area contributed by atoms with Crippen molar-refractivity contribution in [3.8, 4) is 5.75 Å². The molecule has 2 aromatic rings. The first kappa shape index (κ1) is 10.1. The van der Waals surface area contributed by atoms with E-state index in [0.29, 0.717) is 5.82 Å². The van der Waals surface area contributed by atoms with Crippen LogP contribution in [-0.4, -0.2) is 21.0 Å². The van der Waals surface area contributed by atoms with Gasteiger partial charge in [-0.25, -0.2) is 4.98 Å². The third-order valence-electron chi connectivity index (χ3n) is 1.95. The van der Waals surface area contributed by atoms with E-state index in [-0.39, 0.29) is 11.3 Å². The minimum atomic E-state index is -0.418. The molecule has 0 saturated heterocycles. The lowest BCUT2D eigenvalue weighted by Crippen LogP contribution is -2.12. The molecule has 0 atom stereocenters. The van der Waals surface area contributed by atoms with Crippen molar-refractivity contribution in [2.24, 2.45) is 0 Å². The van der Waals surface area contributed by atoms with Crippen LogP contribution in [0.15, 0.2) is 42.9 Å². The van der Waals surface area contributed by atoms with Crippen LogP contribution in [0.2, 0.25) is 0 Å². The molecule has 2 heterocycles. The van der Waals surface area contributed by atoms with E-state index >= 15 is 0 Å². The Morgan fingerprint density at radius 3 is 2.81 bits per heavy atom. The highest BCUT2D eigenvalue weighted by molar-refractivity contribution is 6.05. The summed E-state index contributed by atoms with van der Waals surface area (Å²) in [5, 5.41) is 12.0. The Kier molecular flexibility index (Phi) is 2.77. The van der Waals surface area contributed by atoms with Gasteiger partial charge in [0.25, 0.3) is 5.91 Å². The maximum Gasteiger partial charge on any atom is 0.260 e. The number of pyridine rings is 2. The standard InChI is InChI=1S/C11H9N3O2/c15-9-7-12-6-4-8(9)11(16)14-10-3-1-2-5-13-10/h1-7,15H,(H,13,14,16). The Morgan fingerprint density at radius 2 is 2.12 bits per heavy atom. The molecule has 2 rings (SSSR count). The van der Waals surface area contributed by atoms with Gasteiger partial charge in [-0.3, -0.25) is 9.78 Å². The van der Waals surface area contributed by atoms with Gasteiger partial charge in [-0.1, -0.05) is 6.07 Å². The molecule has 0 bridgehead atoms. The molecule has 0 unspecified atom stereocenters. The van der Waals surface area contributed by atoms with E-state index in [1.54, 1.807) is 24.4 Å². The van der Waals surface area contributed by atoms with Gasteiger partial charge in [0.2, 0.25) is 0 Å². The molecule has 0 aliphatic carbocycles. The van der Waals surface area contributed by atoms with Gasteiger partial charge in [-0.05, 0) is 18.2 Å². The number of nitrogens with zero attached hydrogens (tertiary/aromatic N) is 2. The van der Waals surface area contributed by atoms with Gasteiger partial charge in [0.15, 0.2) is 0 Å². The lowest BCUT2D eigenvalue weighted by atomic mass is 10.2. The molecule has 0 saturated carbocycles. The molecule has 0 spiro atoms. The summed E-state index contributed by atoms with van der Waals surface area (Å²) in [6.07, 6.45) is 4.22. The Bertz CT molecular complexity index is 500. The smallest absolute Gasteiger partial charge is 0.260 e. The largest absolute Gasteiger partial charge is 0.505 e. The number of hydrogen-bond acceptors (Lipinski definition) is 4. The average Bonchev–Trinajstić information content (AvgIpc) is 2.31. The van der Waals surface area contributed by atoms with Gasteiger partial charge < -0.3 is 10.4 Å². The van der Waals surface area contributed by atoms with Crippen molar-refractivity contribution in [1.29, 1.82) is 0 Å². The number of rotatable bonds is 2. The van der Waals surface area contributed by atoms with Crippen LogP contribution >= 0.6 is 0 Å². The quantitative estimate of drug-likeness (QED) is 0.794. The number of carbonyl (C=O) groups is 1. The van der Waals surface area contributed by atoms with E-state index in [1.165, 1.54) is 18.5 Å². The zero-order chi connectivity index (χ0) is 11.4. The highest BCUT2D eigenvalue weighted by atomic mass is 16.3. The second-order valence-corrected chi connectivity index (χ2v) is 3.06. The number of hydrogen-bond donors (Lipinski definition) is 2. The SMILES string of the molecule is O=C(Nc1ccccn1)c1ccncc1O. The number of nitrogens with one attached hydrogen (secondary N) is 1. The van der Waals surface area contributed by atoms with Gasteiger partial charge in [-0.15, -0.1) is 0 Å². The predicted molar refractivity (Wildman–Crippen MR) is 58.1 cm³/mol. The molecule has 0 fully saturated rings. The van der Waals surface area contributed by atoms with Crippen molar-refractivity contribution in [3.05, 3.63) is 48.4 Å². The van der Waals surface area contributed by atoms with Crippen LogP contribution < -0.4 is 5.32 Å². The molecule has 0 aromatic carbocycles. The van der Waals surface area contributed by atoms with E-state index in [2.05, 4.69) is 15.3 Å². The maximum atomic E-state index is 11.7. The molecule has 0 aliphatic rings. The molecule has 0 radical (unpaired) electrons. The first-order chi connectivity index (χ1) is 7.77. The van der Waals surface area contributed by atoms with Crippen molar-refractivity contribution >= 4 is 11.7 Å². The summed E-state index contributed by atoms with van der Waals surface area (Å²) in [5.74, 6) is -0.141. The van der Waals surface area contributed by atoms with Crippen LogP contribution in [0.3, 0.4) is 0 Å². The Labute approximate surface area is 91.8 Å². The van der Waals surface area contributed by atoms with E-state index in [0.717, 1.165) is 0 Å². The summed E-state index contributed by atoms with van der Waals surface area (Å²) in [5.41, 5.74) is 0.167. The lowest BCUT2D eigenvalue weighted by molar-refractivity contribution is 0.102. The lowest BCUT2D eigenvalue weighted by Gasteiger charge is -2.04. The van der Waals surface area contributed by atoms with Gasteiger partial charge >= 0.3 is 0 Å². The van der Waals surface area contributed by atoms with Crippen LogP contribution in [-0.2, 0) is 0 Å². The molecule has 5 heteroatoms. The van der Waals surface area contributed by atoms with Crippen molar-refractivity contribution in [2.45, 2.75) is 0 Å². The molecule has 16 heavy (non-hydrogen) atoms. The molecular formula is C11H9N3O2. The van der Waals surface area contributed by atoms with Gasteiger partial charge in [0.05, 0.1) is 11.8 Å². The zero-order valence-electron chi connectivity index (χ0n) is 8.29. The predicted octanol–water partition coefficient (Wildman–Crippen LogP) is 1.43. The molecule has 80 valence electrons. The Hall–Kier alpha value is -2.43. The van der Waals surface area contributed by atoms with E-state index < -0.39 is 5.91 Å². The van der Waals surface area contributed by atoms with Crippen LogP contribution in [0.1, 0.15) is 10.4 Å². The van der Waals surface area contributed by atoms with Crippen molar-refractivity contribution in [1.82, 2.24) is 9.97 Å². The summed E-state index contributed by atoms with van der Waals surface area (Å²) >= 11 is 0. The van der Waals surface area contributed by atoms with Crippen LogP contribution in [0, 0.1) is 0 Å². The first-order valence-electron chi connectivity index (χ1n) is 4.63. The third-order valence-corrected chi connectivity index (χ3v) is 1.95. The highest BCUT2D eigenvalue weighted by Crippen LogP contribution is 2.15. The molecule has 0 aliphatic heterocycles. The van der Waals surface area contributed by atoms with Crippen molar-refractivity contribution in [3.63, 3.8) is 0 Å². The number of anilines is 1. The fraction of sp³-hybridized carbons (Fsp3) is 0. The molecule has 2 aromatic heterocycles. The van der Waals surface area contributed by atoms with Crippen molar-refractivity contribution in [2.75, 3.05) is 5.32 Å². The summed E-state index contributed by atoms with van der Waals surface area (Å²) in [4.78, 5) is 19.3. The molecule has 2 N–H and O–H groups in total. The number of amides is 1. The zero-order valence-corrected chi connectivity index (χ0v) is 8.29. The highest BCUT2D eigenvalue weighted by Gasteiger charge is 2.10. The van der Waals surface area contributed by atoms with E-state index in [4.69, 9.17) is 0 Å². The van der Waals surface area contributed by atoms with E-state index in [9.17, 15) is 9.90 Å². The molecular weight excluding hydrogens is 206 g/mol. The van der Waals surface area contributed by atoms with E-state index in [1.807, 2.05) is 0 Å². The summed E-state index contributed by atoms with van der Waals surface area (Å²) < 4.78 is 0. The number of aromatic hydroxyl groups is 1. The first-order valence-corrected chi connectivity index (χ1v) is 4.63. The van der Waals surface area contributed by atoms with Crippen LogP contribution in [0.25, 0.3) is 0 Å². The van der Waals surface area contributed by atoms with Crippen LogP contribution in [0.4, 0.5) is 5.82 Å². The summed E-state index contributed by atoms with van der Waals surface area (Å²) in [6.45, 7) is 0. The second-order valence-electron chi connectivity index (χ2n) is 3.06.